The number of nitrogens with zero attached hydrogens (tertiary/aromatic N) is 1. The van der Waals surface area contributed by atoms with Crippen molar-refractivity contribution in [1.29, 1.82) is 0 Å². The van der Waals surface area contributed by atoms with Gasteiger partial charge in [-0.3, -0.25) is 14.9 Å². The van der Waals surface area contributed by atoms with Gasteiger partial charge in [0, 0.05) is 13.1 Å². The third-order valence-corrected chi connectivity index (χ3v) is 2.81. The summed E-state index contributed by atoms with van der Waals surface area (Å²) in [7, 11) is 0. The summed E-state index contributed by atoms with van der Waals surface area (Å²) >= 11 is 0. The van der Waals surface area contributed by atoms with Crippen LogP contribution in [0.4, 0.5) is 11.4 Å². The largest absolute Gasteiger partial charge is 0.379 e. The summed E-state index contributed by atoms with van der Waals surface area (Å²) in [6, 6.07) is 4.75. The number of carbonyl (C=O) groups excluding carboxylic acids is 1. The van der Waals surface area contributed by atoms with Crippen molar-refractivity contribution in [3.05, 3.63) is 33.9 Å². The molecule has 0 saturated carbocycles. The average Bonchev–Trinajstić information content (AvgIpc) is 2.40. The smallest absolute Gasteiger partial charge is 0.305 e. The van der Waals surface area contributed by atoms with E-state index in [0.717, 1.165) is 6.42 Å². The van der Waals surface area contributed by atoms with Gasteiger partial charge in [0.25, 0.3) is 5.91 Å². The molecule has 0 aromatic heterocycles. The third kappa shape index (κ3) is 5.06. The Labute approximate surface area is 125 Å². The van der Waals surface area contributed by atoms with Crippen molar-refractivity contribution in [2.75, 3.05) is 18.4 Å². The Hall–Kier alpha value is -2.11. The number of amides is 1. The monoisotopic (exact) mass is 293 g/mol. The molecule has 0 aliphatic carbocycles. The molecule has 0 atom stereocenters. The molecule has 2 N–H and O–H groups in total. The standard InChI is InChI=1S/C15H23N3O3/c1-5-9-16-12-8-6-7-11(13(12)18(20)21)14(19)17-10-15(2,3)4/h6-8,16H,5,9-10H2,1-4H3,(H,17,19). The number of rotatable bonds is 6. The summed E-state index contributed by atoms with van der Waals surface area (Å²) in [6.45, 7) is 9.00. The van der Waals surface area contributed by atoms with Gasteiger partial charge in [-0.25, -0.2) is 0 Å². The van der Waals surface area contributed by atoms with Crippen LogP contribution in [0.5, 0.6) is 0 Å². The number of nitro groups is 1. The number of para-hydroxylation sites is 1. The van der Waals surface area contributed by atoms with Gasteiger partial charge in [0.2, 0.25) is 0 Å². The Morgan fingerprint density at radius 1 is 1.33 bits per heavy atom. The van der Waals surface area contributed by atoms with E-state index >= 15 is 0 Å². The summed E-state index contributed by atoms with van der Waals surface area (Å²) in [5.74, 6) is -0.420. The molecule has 0 spiro atoms. The second kappa shape index (κ2) is 7.06. The maximum absolute atomic E-state index is 12.2. The van der Waals surface area contributed by atoms with Gasteiger partial charge in [-0.05, 0) is 24.0 Å². The van der Waals surface area contributed by atoms with Crippen LogP contribution < -0.4 is 10.6 Å². The fourth-order valence-electron chi connectivity index (χ4n) is 1.77. The van der Waals surface area contributed by atoms with Crippen LogP contribution in [0, 0.1) is 15.5 Å². The summed E-state index contributed by atoms with van der Waals surface area (Å²) in [6.07, 6.45) is 0.845. The molecule has 0 heterocycles. The molecule has 21 heavy (non-hydrogen) atoms. The maximum Gasteiger partial charge on any atom is 0.305 e. The Morgan fingerprint density at radius 2 is 2.00 bits per heavy atom. The molecule has 0 bridgehead atoms. The zero-order valence-corrected chi connectivity index (χ0v) is 13.0. The van der Waals surface area contributed by atoms with Crippen LogP contribution in [0.1, 0.15) is 44.5 Å². The molecule has 1 aromatic carbocycles. The SMILES string of the molecule is CCCNc1cccc(C(=O)NCC(C)(C)C)c1[N+](=O)[O-]. The summed E-state index contributed by atoms with van der Waals surface area (Å²) in [4.78, 5) is 23.0. The fourth-order valence-corrected chi connectivity index (χ4v) is 1.77. The van der Waals surface area contributed by atoms with Gasteiger partial charge in [-0.2, -0.15) is 0 Å². The van der Waals surface area contributed by atoms with Crippen molar-refractivity contribution in [1.82, 2.24) is 5.32 Å². The molecule has 1 amide bonds. The summed E-state index contributed by atoms with van der Waals surface area (Å²) in [5.41, 5.74) is 0.218. The lowest BCUT2D eigenvalue weighted by Gasteiger charge is -2.19. The number of carbonyl (C=O) groups is 1. The van der Waals surface area contributed by atoms with Crippen molar-refractivity contribution in [3.8, 4) is 0 Å². The predicted molar refractivity (Wildman–Crippen MR) is 83.7 cm³/mol. The third-order valence-electron chi connectivity index (χ3n) is 2.81. The lowest BCUT2D eigenvalue weighted by atomic mass is 9.97. The number of nitro benzene ring substituents is 1. The normalized spacial score (nSPS) is 11.0. The fraction of sp³-hybridized carbons (Fsp3) is 0.533. The lowest BCUT2D eigenvalue weighted by Crippen LogP contribution is -2.32. The van der Waals surface area contributed by atoms with Gasteiger partial charge in [0.15, 0.2) is 0 Å². The number of anilines is 1. The molecule has 1 aromatic rings. The highest BCUT2D eigenvalue weighted by atomic mass is 16.6. The first-order valence-corrected chi connectivity index (χ1v) is 7.05. The molecule has 0 unspecified atom stereocenters. The van der Waals surface area contributed by atoms with Gasteiger partial charge in [0.1, 0.15) is 11.3 Å². The Bertz CT molecular complexity index is 521. The minimum atomic E-state index is -0.510. The molecular formula is C15H23N3O3. The van der Waals surface area contributed by atoms with Crippen molar-refractivity contribution in [2.24, 2.45) is 5.41 Å². The van der Waals surface area contributed by atoms with Crippen molar-refractivity contribution in [3.63, 3.8) is 0 Å². The van der Waals surface area contributed by atoms with Gasteiger partial charge in [0.05, 0.1) is 4.92 Å². The minimum absolute atomic E-state index is 0.0808. The zero-order valence-electron chi connectivity index (χ0n) is 13.0. The van der Waals surface area contributed by atoms with E-state index in [-0.39, 0.29) is 16.7 Å². The summed E-state index contributed by atoms with van der Waals surface area (Å²) < 4.78 is 0. The van der Waals surface area contributed by atoms with Crippen molar-refractivity contribution >= 4 is 17.3 Å². The highest BCUT2D eigenvalue weighted by Gasteiger charge is 2.25. The Kier molecular flexibility index (Phi) is 5.69. The van der Waals surface area contributed by atoms with Crippen LogP contribution in [0.15, 0.2) is 18.2 Å². The van der Waals surface area contributed by atoms with Gasteiger partial charge in [-0.1, -0.05) is 33.8 Å². The summed E-state index contributed by atoms with van der Waals surface area (Å²) in [5, 5.41) is 17.0. The number of nitrogens with one attached hydrogen (secondary N) is 2. The first-order chi connectivity index (χ1) is 9.76. The molecular weight excluding hydrogens is 270 g/mol. The van der Waals surface area contributed by atoms with E-state index < -0.39 is 10.8 Å². The molecule has 0 aliphatic rings. The molecule has 0 fully saturated rings. The average molecular weight is 293 g/mol. The van der Waals surface area contributed by atoms with Crippen LogP contribution in [-0.4, -0.2) is 23.9 Å². The maximum atomic E-state index is 12.2. The second-order valence-electron chi connectivity index (χ2n) is 6.13. The molecule has 0 aliphatic heterocycles. The van der Waals surface area contributed by atoms with Crippen LogP contribution in [-0.2, 0) is 0 Å². The van der Waals surface area contributed by atoms with Gasteiger partial charge >= 0.3 is 5.69 Å². The Balaban J connectivity index is 3.05. The van der Waals surface area contributed by atoms with E-state index in [0.29, 0.717) is 18.8 Å². The van der Waals surface area contributed by atoms with Crippen LogP contribution in [0.2, 0.25) is 0 Å². The molecule has 6 heteroatoms. The highest BCUT2D eigenvalue weighted by Crippen LogP contribution is 2.28. The van der Waals surface area contributed by atoms with Crippen LogP contribution >= 0.6 is 0 Å². The topological polar surface area (TPSA) is 84.3 Å². The number of benzene rings is 1. The first kappa shape index (κ1) is 16.9. The quantitative estimate of drug-likeness (QED) is 0.623. The molecule has 0 saturated heterocycles. The van der Waals surface area contributed by atoms with Crippen LogP contribution in [0.3, 0.4) is 0 Å². The molecule has 0 radical (unpaired) electrons. The zero-order chi connectivity index (χ0) is 16.0. The van der Waals surface area contributed by atoms with E-state index in [1.165, 1.54) is 6.07 Å². The minimum Gasteiger partial charge on any atom is -0.379 e. The van der Waals surface area contributed by atoms with E-state index in [9.17, 15) is 14.9 Å². The molecule has 6 nitrogen and oxygen atoms in total. The lowest BCUT2D eigenvalue weighted by molar-refractivity contribution is -0.384. The van der Waals surface area contributed by atoms with Crippen molar-refractivity contribution < 1.29 is 9.72 Å². The van der Waals surface area contributed by atoms with Crippen LogP contribution in [0.25, 0.3) is 0 Å². The predicted octanol–water partition coefficient (Wildman–Crippen LogP) is 3.19. The highest BCUT2D eigenvalue weighted by molar-refractivity contribution is 6.00. The first-order valence-electron chi connectivity index (χ1n) is 7.05. The second-order valence-corrected chi connectivity index (χ2v) is 6.13. The van der Waals surface area contributed by atoms with E-state index in [2.05, 4.69) is 10.6 Å². The van der Waals surface area contributed by atoms with E-state index in [4.69, 9.17) is 0 Å². The van der Waals surface area contributed by atoms with Gasteiger partial charge in [-0.15, -0.1) is 0 Å². The van der Waals surface area contributed by atoms with Gasteiger partial charge < -0.3 is 10.6 Å². The Morgan fingerprint density at radius 3 is 2.52 bits per heavy atom. The van der Waals surface area contributed by atoms with E-state index in [1.54, 1.807) is 12.1 Å². The number of hydrogen-bond donors (Lipinski definition) is 2. The molecule has 116 valence electrons. The molecule has 1 rings (SSSR count). The van der Waals surface area contributed by atoms with E-state index in [1.807, 2.05) is 27.7 Å². The van der Waals surface area contributed by atoms with Crippen molar-refractivity contribution in [2.45, 2.75) is 34.1 Å². The number of hydrogen-bond acceptors (Lipinski definition) is 4.